The van der Waals surface area contributed by atoms with E-state index in [2.05, 4.69) is 15.9 Å². The first-order chi connectivity index (χ1) is 9.10. The molecule has 3 N–H and O–H groups in total. The molecule has 0 atom stereocenters. The van der Waals surface area contributed by atoms with Crippen LogP contribution in [0.15, 0.2) is 45.3 Å². The molecule has 4 nitrogen and oxygen atoms in total. The van der Waals surface area contributed by atoms with Crippen molar-refractivity contribution in [2.75, 3.05) is 0 Å². The Morgan fingerprint density at radius 2 is 2.16 bits per heavy atom. The topological polar surface area (TPSA) is 68.3 Å². The second kappa shape index (κ2) is 5.86. The molecule has 0 saturated heterocycles. The monoisotopic (exact) mass is 320 g/mol. The van der Waals surface area contributed by atoms with E-state index in [9.17, 15) is 4.79 Å². The van der Waals surface area contributed by atoms with Gasteiger partial charge in [0.25, 0.3) is 5.91 Å². The number of hydrazine groups is 1. The normalized spacial score (nSPS) is 10.9. The lowest BCUT2D eigenvalue weighted by atomic mass is 10.1. The Morgan fingerprint density at radius 3 is 2.84 bits per heavy atom. The van der Waals surface area contributed by atoms with E-state index in [1.54, 1.807) is 12.1 Å². The number of hydrogen-bond donors (Lipinski definition) is 2. The first-order valence-electron chi connectivity index (χ1n) is 5.65. The Morgan fingerprint density at radius 1 is 1.37 bits per heavy atom. The summed E-state index contributed by atoms with van der Waals surface area (Å²) in [7, 11) is 0. The second-order valence-corrected chi connectivity index (χ2v) is 4.92. The van der Waals surface area contributed by atoms with E-state index in [1.807, 2.05) is 36.6 Å². The fourth-order valence-corrected chi connectivity index (χ4v) is 2.17. The molecule has 1 amide bonds. The quantitative estimate of drug-likeness (QED) is 0.395. The molecule has 1 aromatic heterocycles. The van der Waals surface area contributed by atoms with Gasteiger partial charge in [0.05, 0.1) is 0 Å². The van der Waals surface area contributed by atoms with Crippen molar-refractivity contribution in [2.45, 2.75) is 6.92 Å². The summed E-state index contributed by atoms with van der Waals surface area (Å²) in [6.07, 6.45) is 2.89. The lowest BCUT2D eigenvalue weighted by Crippen LogP contribution is -2.27. The maximum absolute atomic E-state index is 11.0. The number of carbonyl (C=O) groups excluding carboxylic acids is 1. The van der Waals surface area contributed by atoms with Crippen molar-refractivity contribution in [1.29, 1.82) is 0 Å². The van der Waals surface area contributed by atoms with Crippen LogP contribution in [-0.2, 0) is 4.79 Å². The van der Waals surface area contributed by atoms with Crippen LogP contribution >= 0.6 is 15.9 Å². The highest BCUT2D eigenvalue weighted by molar-refractivity contribution is 9.10. The van der Waals surface area contributed by atoms with Crippen LogP contribution in [0.5, 0.6) is 0 Å². The minimum absolute atomic E-state index is 0.377. The molecule has 5 heteroatoms. The predicted molar refractivity (Wildman–Crippen MR) is 77.9 cm³/mol. The van der Waals surface area contributed by atoms with Crippen molar-refractivity contribution >= 4 is 27.9 Å². The van der Waals surface area contributed by atoms with Crippen molar-refractivity contribution in [3.63, 3.8) is 0 Å². The Bertz CT molecular complexity index is 632. The molecular formula is C14H13BrN2O2. The van der Waals surface area contributed by atoms with Crippen molar-refractivity contribution in [3.8, 4) is 11.3 Å². The predicted octanol–water partition coefficient (Wildman–Crippen LogP) is 3.02. The first kappa shape index (κ1) is 13.6. The molecule has 0 fully saturated rings. The average Bonchev–Trinajstić information content (AvgIpc) is 2.84. The van der Waals surface area contributed by atoms with E-state index < -0.39 is 0 Å². The Labute approximate surface area is 119 Å². The van der Waals surface area contributed by atoms with Gasteiger partial charge in [0.15, 0.2) is 0 Å². The van der Waals surface area contributed by atoms with Crippen LogP contribution in [0.1, 0.15) is 11.3 Å². The Balaban J connectivity index is 2.26. The number of halogens is 1. The summed E-state index contributed by atoms with van der Waals surface area (Å²) in [5.74, 6) is 5.96. The Hall–Kier alpha value is -1.85. The van der Waals surface area contributed by atoms with Crippen molar-refractivity contribution in [1.82, 2.24) is 5.43 Å². The maximum Gasteiger partial charge on any atom is 0.258 e. The lowest BCUT2D eigenvalue weighted by Gasteiger charge is -2.02. The smallest absolute Gasteiger partial charge is 0.258 e. The van der Waals surface area contributed by atoms with Gasteiger partial charge in [-0.1, -0.05) is 15.9 Å². The number of nitrogens with one attached hydrogen (secondary N) is 1. The van der Waals surface area contributed by atoms with Crippen LogP contribution in [0.2, 0.25) is 0 Å². The van der Waals surface area contributed by atoms with E-state index >= 15 is 0 Å². The molecule has 0 aliphatic heterocycles. The van der Waals surface area contributed by atoms with E-state index in [4.69, 9.17) is 10.3 Å². The summed E-state index contributed by atoms with van der Waals surface area (Å²) >= 11 is 3.42. The van der Waals surface area contributed by atoms with Crippen LogP contribution in [0.25, 0.3) is 17.4 Å². The number of nitrogens with two attached hydrogens (primary N) is 1. The standard InChI is InChI=1S/C14H13BrN2O2/c1-9-8-10(15)2-5-12(9)13-6-3-11(19-13)4-7-14(18)17-16/h2-8H,16H2,1H3,(H,17,18)/b7-4+. The zero-order chi connectivity index (χ0) is 13.8. The Kier molecular flexibility index (Phi) is 4.19. The van der Waals surface area contributed by atoms with Crippen molar-refractivity contribution < 1.29 is 9.21 Å². The van der Waals surface area contributed by atoms with Crippen LogP contribution in [0.3, 0.4) is 0 Å². The van der Waals surface area contributed by atoms with Gasteiger partial charge in [0, 0.05) is 16.1 Å². The number of amides is 1. The fraction of sp³-hybridized carbons (Fsp3) is 0.0714. The van der Waals surface area contributed by atoms with Crippen LogP contribution in [0, 0.1) is 6.92 Å². The summed E-state index contributed by atoms with van der Waals surface area (Å²) in [5, 5.41) is 0. The SMILES string of the molecule is Cc1cc(Br)ccc1-c1ccc(/C=C/C(=O)NN)o1. The highest BCUT2D eigenvalue weighted by Crippen LogP contribution is 2.28. The zero-order valence-corrected chi connectivity index (χ0v) is 11.9. The number of hydrogen-bond acceptors (Lipinski definition) is 3. The number of rotatable bonds is 3. The van der Waals surface area contributed by atoms with E-state index in [0.29, 0.717) is 5.76 Å². The van der Waals surface area contributed by atoms with Gasteiger partial charge in [-0.05, 0) is 48.9 Å². The van der Waals surface area contributed by atoms with Gasteiger partial charge in [-0.25, -0.2) is 5.84 Å². The molecule has 0 aliphatic carbocycles. The van der Waals surface area contributed by atoms with Gasteiger partial charge in [-0.2, -0.15) is 0 Å². The lowest BCUT2D eigenvalue weighted by molar-refractivity contribution is -0.116. The number of aryl methyl sites for hydroxylation is 1. The number of furan rings is 1. The molecule has 1 heterocycles. The van der Waals surface area contributed by atoms with Gasteiger partial charge < -0.3 is 4.42 Å². The molecular weight excluding hydrogens is 308 g/mol. The molecule has 0 bridgehead atoms. The molecule has 0 saturated carbocycles. The maximum atomic E-state index is 11.0. The van der Waals surface area contributed by atoms with E-state index in [1.165, 1.54) is 6.08 Å². The summed E-state index contributed by atoms with van der Waals surface area (Å²) in [5.41, 5.74) is 4.15. The van der Waals surface area contributed by atoms with Gasteiger partial charge in [-0.3, -0.25) is 10.2 Å². The highest BCUT2D eigenvalue weighted by Gasteiger charge is 2.06. The molecule has 0 radical (unpaired) electrons. The van der Waals surface area contributed by atoms with Crippen molar-refractivity contribution in [2.24, 2.45) is 5.84 Å². The summed E-state index contributed by atoms with van der Waals surface area (Å²) in [4.78, 5) is 11.0. The molecule has 98 valence electrons. The fourth-order valence-electron chi connectivity index (χ4n) is 1.70. The summed E-state index contributed by atoms with van der Waals surface area (Å²) in [6, 6.07) is 9.64. The molecule has 0 unspecified atom stereocenters. The molecule has 2 aromatic rings. The van der Waals surface area contributed by atoms with Gasteiger partial charge in [0.1, 0.15) is 11.5 Å². The van der Waals surface area contributed by atoms with Crippen LogP contribution in [0.4, 0.5) is 0 Å². The third-order valence-corrected chi connectivity index (χ3v) is 3.12. The minimum Gasteiger partial charge on any atom is -0.457 e. The van der Waals surface area contributed by atoms with Crippen molar-refractivity contribution in [3.05, 3.63) is 52.2 Å². The third-order valence-electron chi connectivity index (χ3n) is 2.62. The number of carbonyl (C=O) groups is 1. The largest absolute Gasteiger partial charge is 0.457 e. The van der Waals surface area contributed by atoms with Gasteiger partial charge in [-0.15, -0.1) is 0 Å². The van der Waals surface area contributed by atoms with Gasteiger partial charge >= 0.3 is 0 Å². The zero-order valence-electron chi connectivity index (χ0n) is 10.3. The summed E-state index contributed by atoms with van der Waals surface area (Å²) < 4.78 is 6.69. The van der Waals surface area contributed by atoms with E-state index in [-0.39, 0.29) is 5.91 Å². The van der Waals surface area contributed by atoms with Crippen LogP contribution < -0.4 is 11.3 Å². The third kappa shape index (κ3) is 3.33. The minimum atomic E-state index is -0.377. The first-order valence-corrected chi connectivity index (χ1v) is 6.44. The second-order valence-electron chi connectivity index (χ2n) is 4.00. The molecule has 1 aromatic carbocycles. The molecule has 0 spiro atoms. The number of benzene rings is 1. The molecule has 0 aliphatic rings. The highest BCUT2D eigenvalue weighted by atomic mass is 79.9. The average molecular weight is 321 g/mol. The van der Waals surface area contributed by atoms with E-state index in [0.717, 1.165) is 21.4 Å². The van der Waals surface area contributed by atoms with Gasteiger partial charge in [0.2, 0.25) is 0 Å². The van der Waals surface area contributed by atoms with Crippen LogP contribution in [-0.4, -0.2) is 5.91 Å². The summed E-state index contributed by atoms with van der Waals surface area (Å²) in [6.45, 7) is 2.01. The molecule has 19 heavy (non-hydrogen) atoms. The molecule has 2 rings (SSSR count).